The van der Waals surface area contributed by atoms with Crippen molar-refractivity contribution in [3.05, 3.63) is 34.3 Å². The van der Waals surface area contributed by atoms with Gasteiger partial charge in [-0.2, -0.15) is 0 Å². The summed E-state index contributed by atoms with van der Waals surface area (Å²) in [6, 6.07) is 7.64. The Labute approximate surface area is 144 Å². The molecule has 0 aromatic heterocycles. The first-order valence-electron chi connectivity index (χ1n) is 7.23. The molecule has 0 saturated heterocycles. The minimum absolute atomic E-state index is 0.302. The van der Waals surface area contributed by atoms with Crippen molar-refractivity contribution in [2.75, 3.05) is 20.3 Å². The van der Waals surface area contributed by atoms with E-state index >= 15 is 0 Å². The first kappa shape index (κ1) is 19.6. The predicted octanol–water partition coefficient (Wildman–Crippen LogP) is 1.60. The van der Waals surface area contributed by atoms with Crippen LogP contribution in [0.15, 0.2) is 28.7 Å². The number of amides is 1. The minimum Gasteiger partial charge on any atom is -0.479 e. The fourth-order valence-corrected chi connectivity index (χ4v) is 2.46. The second-order valence-electron chi connectivity index (χ2n) is 5.61. The molecule has 0 radical (unpaired) electrons. The highest BCUT2D eigenvalue weighted by Crippen LogP contribution is 2.17. The minimum atomic E-state index is -1.99. The Bertz CT molecular complexity index is 547. The van der Waals surface area contributed by atoms with Gasteiger partial charge >= 0.3 is 5.97 Å². The van der Waals surface area contributed by atoms with Crippen LogP contribution in [0.2, 0.25) is 0 Å². The topological polar surface area (TPSA) is 95.9 Å². The van der Waals surface area contributed by atoms with Gasteiger partial charge < -0.3 is 20.3 Å². The number of carboxylic acid groups (broad SMARTS) is 1. The Morgan fingerprint density at radius 1 is 1.43 bits per heavy atom. The number of aliphatic carboxylic acids is 1. The standard InChI is InChI=1S/C16H22BrNO5/c1-16(22,15(20)21)10-18-14(19)12(6-7-23-2)8-11-4-3-5-13(17)9-11/h3-5,9,12,22H,6-8,10H2,1-2H3,(H,18,19)(H,20,21). The maximum Gasteiger partial charge on any atom is 0.337 e. The third-order valence-corrected chi connectivity index (χ3v) is 3.97. The molecule has 0 aliphatic carbocycles. The number of hydrogen-bond acceptors (Lipinski definition) is 4. The van der Waals surface area contributed by atoms with Crippen LogP contribution in [0.5, 0.6) is 0 Å². The lowest BCUT2D eigenvalue weighted by molar-refractivity contribution is -0.156. The van der Waals surface area contributed by atoms with Crippen molar-refractivity contribution in [2.24, 2.45) is 5.92 Å². The number of halogens is 1. The maximum atomic E-state index is 12.3. The maximum absolute atomic E-state index is 12.3. The monoisotopic (exact) mass is 387 g/mol. The second-order valence-corrected chi connectivity index (χ2v) is 6.52. The molecule has 2 atom stereocenters. The summed E-state index contributed by atoms with van der Waals surface area (Å²) in [5, 5.41) is 21.1. The van der Waals surface area contributed by atoms with Crippen LogP contribution in [0.3, 0.4) is 0 Å². The summed E-state index contributed by atoms with van der Waals surface area (Å²) >= 11 is 3.39. The Hall–Kier alpha value is -1.44. The molecule has 0 bridgehead atoms. The van der Waals surface area contributed by atoms with Gasteiger partial charge in [0.25, 0.3) is 0 Å². The van der Waals surface area contributed by atoms with E-state index in [2.05, 4.69) is 21.2 Å². The van der Waals surface area contributed by atoms with E-state index in [0.717, 1.165) is 17.0 Å². The van der Waals surface area contributed by atoms with Gasteiger partial charge in [0.05, 0.1) is 6.54 Å². The van der Waals surface area contributed by atoms with E-state index < -0.39 is 11.6 Å². The lowest BCUT2D eigenvalue weighted by Gasteiger charge is -2.21. The zero-order valence-corrected chi connectivity index (χ0v) is 14.8. The highest BCUT2D eigenvalue weighted by Gasteiger charge is 2.31. The highest BCUT2D eigenvalue weighted by molar-refractivity contribution is 9.10. The van der Waals surface area contributed by atoms with Crippen molar-refractivity contribution in [1.82, 2.24) is 5.32 Å². The number of hydrogen-bond donors (Lipinski definition) is 3. The molecule has 0 saturated carbocycles. The van der Waals surface area contributed by atoms with Crippen LogP contribution in [0.1, 0.15) is 18.9 Å². The molecule has 6 nitrogen and oxygen atoms in total. The summed E-state index contributed by atoms with van der Waals surface area (Å²) in [6.45, 7) is 1.22. The molecule has 1 rings (SSSR count). The Morgan fingerprint density at radius 2 is 2.13 bits per heavy atom. The van der Waals surface area contributed by atoms with Crippen LogP contribution < -0.4 is 5.32 Å². The first-order valence-corrected chi connectivity index (χ1v) is 8.02. The molecule has 1 amide bonds. The average molecular weight is 388 g/mol. The predicted molar refractivity (Wildman–Crippen MR) is 89.1 cm³/mol. The zero-order chi connectivity index (χ0) is 17.5. The van der Waals surface area contributed by atoms with E-state index in [-0.39, 0.29) is 18.4 Å². The lowest BCUT2D eigenvalue weighted by atomic mass is 9.95. The molecule has 2 unspecified atom stereocenters. The molecule has 1 aromatic rings. The average Bonchev–Trinajstić information content (AvgIpc) is 2.49. The van der Waals surface area contributed by atoms with Crippen LogP contribution >= 0.6 is 15.9 Å². The Kier molecular flexibility index (Phi) is 7.67. The molecule has 0 aliphatic rings. The van der Waals surface area contributed by atoms with Gasteiger partial charge in [0.1, 0.15) is 0 Å². The van der Waals surface area contributed by atoms with Crippen molar-refractivity contribution in [2.45, 2.75) is 25.4 Å². The number of rotatable bonds is 9. The van der Waals surface area contributed by atoms with E-state index in [1.54, 1.807) is 7.11 Å². The SMILES string of the molecule is COCCC(Cc1cccc(Br)c1)C(=O)NCC(C)(O)C(=O)O. The van der Waals surface area contributed by atoms with Gasteiger partial charge in [-0.1, -0.05) is 28.1 Å². The summed E-state index contributed by atoms with van der Waals surface area (Å²) < 4.78 is 5.96. The molecule has 7 heteroatoms. The van der Waals surface area contributed by atoms with E-state index in [1.165, 1.54) is 0 Å². The largest absolute Gasteiger partial charge is 0.479 e. The smallest absolute Gasteiger partial charge is 0.337 e. The van der Waals surface area contributed by atoms with Gasteiger partial charge in [0.2, 0.25) is 5.91 Å². The van der Waals surface area contributed by atoms with Gasteiger partial charge in [0.15, 0.2) is 5.60 Å². The normalized spacial score (nSPS) is 14.8. The van der Waals surface area contributed by atoms with E-state index in [1.807, 2.05) is 24.3 Å². The number of methoxy groups -OCH3 is 1. The zero-order valence-electron chi connectivity index (χ0n) is 13.2. The van der Waals surface area contributed by atoms with Crippen molar-refractivity contribution in [3.8, 4) is 0 Å². The third-order valence-electron chi connectivity index (χ3n) is 3.48. The number of ether oxygens (including phenoxy) is 1. The molecular weight excluding hydrogens is 366 g/mol. The second kappa shape index (κ2) is 9.00. The van der Waals surface area contributed by atoms with E-state index in [4.69, 9.17) is 9.84 Å². The number of aliphatic hydroxyl groups is 1. The van der Waals surface area contributed by atoms with Crippen LogP contribution in [0, 0.1) is 5.92 Å². The van der Waals surface area contributed by atoms with Gasteiger partial charge in [-0.3, -0.25) is 4.79 Å². The van der Waals surface area contributed by atoms with Gasteiger partial charge in [-0.05, 0) is 37.5 Å². The summed E-state index contributed by atoms with van der Waals surface area (Å²) in [4.78, 5) is 23.2. The molecule has 128 valence electrons. The van der Waals surface area contributed by atoms with Crippen LogP contribution in [-0.4, -0.2) is 48.0 Å². The number of nitrogens with one attached hydrogen (secondary N) is 1. The lowest BCUT2D eigenvalue weighted by Crippen LogP contribution is -2.48. The molecule has 23 heavy (non-hydrogen) atoms. The van der Waals surface area contributed by atoms with Crippen molar-refractivity contribution < 1.29 is 24.5 Å². The fraction of sp³-hybridized carbons (Fsp3) is 0.500. The van der Waals surface area contributed by atoms with Crippen molar-refractivity contribution in [3.63, 3.8) is 0 Å². The summed E-state index contributed by atoms with van der Waals surface area (Å²) in [7, 11) is 1.56. The third kappa shape index (κ3) is 6.68. The number of carboxylic acids is 1. The Morgan fingerprint density at radius 3 is 2.70 bits per heavy atom. The molecular formula is C16H22BrNO5. The molecule has 0 fully saturated rings. The van der Waals surface area contributed by atoms with Crippen LogP contribution in [0.25, 0.3) is 0 Å². The van der Waals surface area contributed by atoms with Gasteiger partial charge in [-0.25, -0.2) is 4.79 Å². The fourth-order valence-electron chi connectivity index (χ4n) is 2.01. The summed E-state index contributed by atoms with van der Waals surface area (Å²) in [5.74, 6) is -2.05. The van der Waals surface area contributed by atoms with E-state index in [9.17, 15) is 14.7 Å². The van der Waals surface area contributed by atoms with Gasteiger partial charge in [-0.15, -0.1) is 0 Å². The van der Waals surface area contributed by atoms with E-state index in [0.29, 0.717) is 19.4 Å². The van der Waals surface area contributed by atoms with Crippen LogP contribution in [-0.2, 0) is 20.7 Å². The first-order chi connectivity index (χ1) is 10.8. The summed E-state index contributed by atoms with van der Waals surface area (Å²) in [6.07, 6.45) is 1.01. The molecule has 0 spiro atoms. The molecule has 1 aromatic carbocycles. The highest BCUT2D eigenvalue weighted by atomic mass is 79.9. The van der Waals surface area contributed by atoms with Gasteiger partial charge in [0, 0.05) is 24.1 Å². The molecule has 3 N–H and O–H groups in total. The summed E-state index contributed by atoms with van der Waals surface area (Å²) in [5.41, 5.74) is -1.00. The number of benzene rings is 1. The van der Waals surface area contributed by atoms with Crippen molar-refractivity contribution >= 4 is 27.8 Å². The van der Waals surface area contributed by atoms with Crippen molar-refractivity contribution in [1.29, 1.82) is 0 Å². The molecule has 0 heterocycles. The molecule has 0 aliphatic heterocycles. The quantitative estimate of drug-likeness (QED) is 0.597. The van der Waals surface area contributed by atoms with Crippen LogP contribution in [0.4, 0.5) is 0 Å². The number of carbonyl (C=O) groups is 2. The Balaban J connectivity index is 2.72. The number of carbonyl (C=O) groups excluding carboxylic acids is 1.